The van der Waals surface area contributed by atoms with Gasteiger partial charge in [0.15, 0.2) is 5.82 Å². The van der Waals surface area contributed by atoms with Gasteiger partial charge < -0.3 is 10.2 Å². The van der Waals surface area contributed by atoms with Crippen LogP contribution in [0, 0.1) is 5.41 Å². The molecule has 2 heterocycles. The van der Waals surface area contributed by atoms with Gasteiger partial charge in [0.25, 0.3) is 0 Å². The Morgan fingerprint density at radius 2 is 2.00 bits per heavy atom. The van der Waals surface area contributed by atoms with Crippen molar-refractivity contribution in [1.29, 1.82) is 0 Å². The zero-order valence-corrected chi connectivity index (χ0v) is 11.9. The Balaban J connectivity index is 1.99. The SMILES string of the molecule is CC(C)(C)CCNc1cccnc1N1CCCC1. The Bertz CT molecular complexity index is 376. The maximum absolute atomic E-state index is 4.54. The molecule has 1 aliphatic rings. The molecule has 1 aromatic rings. The summed E-state index contributed by atoms with van der Waals surface area (Å²) >= 11 is 0. The molecule has 18 heavy (non-hydrogen) atoms. The van der Waals surface area contributed by atoms with E-state index >= 15 is 0 Å². The van der Waals surface area contributed by atoms with Crippen molar-refractivity contribution < 1.29 is 0 Å². The average Bonchev–Trinajstić information content (AvgIpc) is 2.81. The van der Waals surface area contributed by atoms with E-state index in [0.29, 0.717) is 5.41 Å². The van der Waals surface area contributed by atoms with Gasteiger partial charge in [-0.15, -0.1) is 0 Å². The van der Waals surface area contributed by atoms with Crippen LogP contribution < -0.4 is 10.2 Å². The molecule has 1 saturated heterocycles. The summed E-state index contributed by atoms with van der Waals surface area (Å²) in [4.78, 5) is 6.93. The lowest BCUT2D eigenvalue weighted by Crippen LogP contribution is -2.21. The number of aromatic nitrogens is 1. The number of rotatable bonds is 4. The lowest BCUT2D eigenvalue weighted by molar-refractivity contribution is 0.390. The van der Waals surface area contributed by atoms with Crippen LogP contribution in [0.2, 0.25) is 0 Å². The number of hydrogen-bond acceptors (Lipinski definition) is 3. The Hall–Kier alpha value is -1.25. The molecule has 0 aromatic carbocycles. The van der Waals surface area contributed by atoms with Crippen molar-refractivity contribution in [1.82, 2.24) is 4.98 Å². The van der Waals surface area contributed by atoms with Crippen LogP contribution in [-0.2, 0) is 0 Å². The zero-order chi connectivity index (χ0) is 13.0. The molecule has 1 aromatic heterocycles. The minimum Gasteiger partial charge on any atom is -0.382 e. The van der Waals surface area contributed by atoms with Gasteiger partial charge in [-0.05, 0) is 36.8 Å². The Morgan fingerprint density at radius 1 is 1.28 bits per heavy atom. The number of hydrogen-bond donors (Lipinski definition) is 1. The van der Waals surface area contributed by atoms with Crippen molar-refractivity contribution in [3.63, 3.8) is 0 Å². The molecule has 0 radical (unpaired) electrons. The van der Waals surface area contributed by atoms with Crippen LogP contribution >= 0.6 is 0 Å². The monoisotopic (exact) mass is 247 g/mol. The van der Waals surface area contributed by atoms with Gasteiger partial charge in [-0.3, -0.25) is 0 Å². The van der Waals surface area contributed by atoms with Gasteiger partial charge in [-0.25, -0.2) is 4.98 Å². The van der Waals surface area contributed by atoms with E-state index in [2.05, 4.69) is 42.0 Å². The molecular weight excluding hydrogens is 222 g/mol. The highest BCUT2D eigenvalue weighted by atomic mass is 15.2. The summed E-state index contributed by atoms with van der Waals surface area (Å²) in [5.74, 6) is 1.13. The second-order valence-corrected chi connectivity index (χ2v) is 6.31. The molecule has 1 aliphatic heterocycles. The van der Waals surface area contributed by atoms with Crippen LogP contribution in [0.15, 0.2) is 18.3 Å². The molecule has 0 unspecified atom stereocenters. The second-order valence-electron chi connectivity index (χ2n) is 6.31. The Kier molecular flexibility index (Phi) is 4.10. The molecule has 2 rings (SSSR count). The topological polar surface area (TPSA) is 28.2 Å². The van der Waals surface area contributed by atoms with Crippen LogP contribution in [0.5, 0.6) is 0 Å². The lowest BCUT2D eigenvalue weighted by atomic mass is 9.92. The Labute approximate surface area is 111 Å². The molecule has 0 spiro atoms. The van der Waals surface area contributed by atoms with Crippen molar-refractivity contribution in [3.8, 4) is 0 Å². The van der Waals surface area contributed by atoms with Gasteiger partial charge in [-0.1, -0.05) is 20.8 Å². The van der Waals surface area contributed by atoms with E-state index in [1.165, 1.54) is 24.9 Å². The molecule has 0 aliphatic carbocycles. The normalized spacial score (nSPS) is 16.1. The van der Waals surface area contributed by atoms with Gasteiger partial charge in [0, 0.05) is 25.8 Å². The largest absolute Gasteiger partial charge is 0.382 e. The third-order valence-electron chi connectivity index (χ3n) is 3.38. The van der Waals surface area contributed by atoms with Crippen molar-refractivity contribution in [2.45, 2.75) is 40.0 Å². The minimum atomic E-state index is 0.378. The highest BCUT2D eigenvalue weighted by Gasteiger charge is 2.17. The fourth-order valence-corrected chi connectivity index (χ4v) is 2.29. The third-order valence-corrected chi connectivity index (χ3v) is 3.38. The number of anilines is 2. The Morgan fingerprint density at radius 3 is 2.67 bits per heavy atom. The standard InChI is InChI=1S/C15H25N3/c1-15(2,3)8-10-16-13-7-6-9-17-14(13)18-11-4-5-12-18/h6-7,9,16H,4-5,8,10-12H2,1-3H3. The highest BCUT2D eigenvalue weighted by Crippen LogP contribution is 2.26. The van der Waals surface area contributed by atoms with Gasteiger partial charge in [0.05, 0.1) is 5.69 Å². The number of nitrogens with one attached hydrogen (secondary N) is 1. The molecule has 0 saturated carbocycles. The van der Waals surface area contributed by atoms with Crippen molar-refractivity contribution >= 4 is 11.5 Å². The van der Waals surface area contributed by atoms with Gasteiger partial charge >= 0.3 is 0 Å². The maximum atomic E-state index is 4.54. The van der Waals surface area contributed by atoms with Crippen LogP contribution in [0.3, 0.4) is 0 Å². The van der Waals surface area contributed by atoms with Gasteiger partial charge in [0.2, 0.25) is 0 Å². The van der Waals surface area contributed by atoms with Gasteiger partial charge in [-0.2, -0.15) is 0 Å². The van der Waals surface area contributed by atoms with Crippen LogP contribution in [-0.4, -0.2) is 24.6 Å². The molecule has 100 valence electrons. The molecule has 0 amide bonds. The van der Waals surface area contributed by atoms with Crippen LogP contribution in [0.25, 0.3) is 0 Å². The molecule has 3 heteroatoms. The van der Waals surface area contributed by atoms with E-state index in [1.807, 2.05) is 12.3 Å². The number of nitrogens with zero attached hydrogens (tertiary/aromatic N) is 2. The fraction of sp³-hybridized carbons (Fsp3) is 0.667. The zero-order valence-electron chi connectivity index (χ0n) is 11.9. The van der Waals surface area contributed by atoms with Gasteiger partial charge in [0.1, 0.15) is 0 Å². The van der Waals surface area contributed by atoms with E-state index < -0.39 is 0 Å². The fourth-order valence-electron chi connectivity index (χ4n) is 2.29. The third kappa shape index (κ3) is 3.62. The summed E-state index contributed by atoms with van der Waals surface area (Å²) in [7, 11) is 0. The molecule has 0 bridgehead atoms. The predicted octanol–water partition coefficient (Wildman–Crippen LogP) is 3.53. The summed E-state index contributed by atoms with van der Waals surface area (Å²) in [6.45, 7) is 10.1. The quantitative estimate of drug-likeness (QED) is 0.882. The molecular formula is C15H25N3. The molecule has 0 atom stereocenters. The van der Waals surface area contributed by atoms with Crippen LogP contribution in [0.1, 0.15) is 40.0 Å². The van der Waals surface area contributed by atoms with E-state index in [4.69, 9.17) is 0 Å². The first kappa shape index (κ1) is 13.2. The van der Waals surface area contributed by atoms with Crippen molar-refractivity contribution in [2.24, 2.45) is 5.41 Å². The molecule has 1 N–H and O–H groups in total. The lowest BCUT2D eigenvalue weighted by Gasteiger charge is -2.22. The molecule has 1 fully saturated rings. The minimum absolute atomic E-state index is 0.378. The molecule has 3 nitrogen and oxygen atoms in total. The first-order valence-electron chi connectivity index (χ1n) is 7.00. The summed E-state index contributed by atoms with van der Waals surface area (Å²) in [5.41, 5.74) is 1.56. The van der Waals surface area contributed by atoms with Crippen molar-refractivity contribution in [3.05, 3.63) is 18.3 Å². The summed E-state index contributed by atoms with van der Waals surface area (Å²) in [6, 6.07) is 4.16. The van der Waals surface area contributed by atoms with E-state index in [-0.39, 0.29) is 0 Å². The summed E-state index contributed by atoms with van der Waals surface area (Å²) in [6.07, 6.45) is 5.64. The summed E-state index contributed by atoms with van der Waals surface area (Å²) < 4.78 is 0. The second kappa shape index (κ2) is 5.59. The van der Waals surface area contributed by atoms with E-state index in [0.717, 1.165) is 25.5 Å². The smallest absolute Gasteiger partial charge is 0.151 e. The van der Waals surface area contributed by atoms with E-state index in [9.17, 15) is 0 Å². The van der Waals surface area contributed by atoms with E-state index in [1.54, 1.807) is 0 Å². The average molecular weight is 247 g/mol. The maximum Gasteiger partial charge on any atom is 0.151 e. The number of pyridine rings is 1. The van der Waals surface area contributed by atoms with Crippen molar-refractivity contribution in [2.75, 3.05) is 29.9 Å². The summed E-state index contributed by atoms with van der Waals surface area (Å²) in [5, 5.41) is 3.54. The predicted molar refractivity (Wildman–Crippen MR) is 78.2 cm³/mol. The van der Waals surface area contributed by atoms with Crippen LogP contribution in [0.4, 0.5) is 11.5 Å². The highest BCUT2D eigenvalue weighted by molar-refractivity contribution is 5.65. The first-order chi connectivity index (χ1) is 8.56. The first-order valence-corrected chi connectivity index (χ1v) is 7.00.